The lowest BCUT2D eigenvalue weighted by molar-refractivity contribution is 0.221. The highest BCUT2D eigenvalue weighted by molar-refractivity contribution is 9.11. The van der Waals surface area contributed by atoms with Crippen LogP contribution in [0.4, 0.5) is 0 Å². The van der Waals surface area contributed by atoms with Crippen molar-refractivity contribution in [1.29, 1.82) is 0 Å². The van der Waals surface area contributed by atoms with Crippen molar-refractivity contribution < 1.29 is 5.11 Å². The number of thiophene rings is 1. The second kappa shape index (κ2) is 4.66. The lowest BCUT2D eigenvalue weighted by atomic mass is 10.1. The number of hydrogen-bond acceptors (Lipinski definition) is 2. The molecule has 0 saturated heterocycles. The Morgan fingerprint density at radius 1 is 1.20 bits per heavy atom. The Hall–Kier alpha value is -0.350. The summed E-state index contributed by atoms with van der Waals surface area (Å²) in [6.07, 6.45) is -0.579. The molecule has 4 heteroatoms. The first kappa shape index (κ1) is 11.1. The molecule has 15 heavy (non-hydrogen) atoms. The summed E-state index contributed by atoms with van der Waals surface area (Å²) < 4.78 is 1.02. The van der Waals surface area contributed by atoms with E-state index in [1.54, 1.807) is 23.5 Å². The standard InChI is InChI=1S/C11H8BrClOS/c12-10-5-8(6-15-10)11(14)7-1-3-9(13)4-2-7/h1-6,11,14H. The topological polar surface area (TPSA) is 20.2 Å². The summed E-state index contributed by atoms with van der Waals surface area (Å²) in [5, 5.41) is 12.7. The third-order valence-electron chi connectivity index (χ3n) is 2.09. The molecule has 1 atom stereocenters. The first-order valence-corrected chi connectivity index (χ1v) is 6.39. The van der Waals surface area contributed by atoms with E-state index in [0.29, 0.717) is 5.02 Å². The van der Waals surface area contributed by atoms with Gasteiger partial charge in [0.05, 0.1) is 3.79 Å². The van der Waals surface area contributed by atoms with Gasteiger partial charge < -0.3 is 5.11 Å². The maximum Gasteiger partial charge on any atom is 0.105 e. The van der Waals surface area contributed by atoms with Crippen LogP contribution in [-0.4, -0.2) is 5.11 Å². The normalized spacial score (nSPS) is 12.7. The third kappa shape index (κ3) is 2.61. The Labute approximate surface area is 105 Å². The molecule has 2 aromatic rings. The Balaban J connectivity index is 2.28. The average molecular weight is 304 g/mol. The quantitative estimate of drug-likeness (QED) is 0.879. The van der Waals surface area contributed by atoms with Crippen LogP contribution in [0, 0.1) is 0 Å². The summed E-state index contributed by atoms with van der Waals surface area (Å²) in [5.74, 6) is 0. The van der Waals surface area contributed by atoms with E-state index < -0.39 is 6.10 Å². The van der Waals surface area contributed by atoms with E-state index in [1.165, 1.54) is 0 Å². The molecule has 1 nitrogen and oxygen atoms in total. The number of aliphatic hydroxyl groups excluding tert-OH is 1. The molecule has 0 saturated carbocycles. The Morgan fingerprint density at radius 2 is 1.87 bits per heavy atom. The summed E-state index contributed by atoms with van der Waals surface area (Å²) in [5.41, 5.74) is 1.75. The lowest BCUT2D eigenvalue weighted by Gasteiger charge is -2.08. The fourth-order valence-corrected chi connectivity index (χ4v) is 2.62. The van der Waals surface area contributed by atoms with Gasteiger partial charge in [0.2, 0.25) is 0 Å². The van der Waals surface area contributed by atoms with Crippen LogP contribution in [0.2, 0.25) is 5.02 Å². The summed E-state index contributed by atoms with van der Waals surface area (Å²) in [6, 6.07) is 9.14. The van der Waals surface area contributed by atoms with Gasteiger partial charge in [0, 0.05) is 5.02 Å². The van der Waals surface area contributed by atoms with E-state index in [1.807, 2.05) is 23.6 Å². The van der Waals surface area contributed by atoms with E-state index in [4.69, 9.17) is 11.6 Å². The van der Waals surface area contributed by atoms with Gasteiger partial charge in [0.1, 0.15) is 6.10 Å². The molecule has 0 bridgehead atoms. The van der Waals surface area contributed by atoms with Crippen LogP contribution in [0.1, 0.15) is 17.2 Å². The van der Waals surface area contributed by atoms with Crippen LogP contribution in [0.3, 0.4) is 0 Å². The van der Waals surface area contributed by atoms with Crippen LogP contribution < -0.4 is 0 Å². The summed E-state index contributed by atoms with van der Waals surface area (Å²) in [7, 11) is 0. The van der Waals surface area contributed by atoms with E-state index in [9.17, 15) is 5.11 Å². The number of hydrogen-bond donors (Lipinski definition) is 1. The van der Waals surface area contributed by atoms with Crippen molar-refractivity contribution >= 4 is 38.9 Å². The number of halogens is 2. The molecule has 1 N–H and O–H groups in total. The van der Waals surface area contributed by atoms with Crippen molar-refractivity contribution in [2.75, 3.05) is 0 Å². The van der Waals surface area contributed by atoms with Gasteiger partial charge in [-0.2, -0.15) is 0 Å². The number of rotatable bonds is 2. The highest BCUT2D eigenvalue weighted by atomic mass is 79.9. The fourth-order valence-electron chi connectivity index (χ4n) is 1.30. The zero-order valence-corrected chi connectivity index (χ0v) is 10.8. The SMILES string of the molecule is OC(c1ccc(Cl)cc1)c1csc(Br)c1. The van der Waals surface area contributed by atoms with Gasteiger partial charge in [-0.25, -0.2) is 0 Å². The molecule has 0 aliphatic rings. The second-order valence-electron chi connectivity index (χ2n) is 3.14. The molecular formula is C11H8BrClOS. The minimum Gasteiger partial charge on any atom is -0.384 e. The maximum atomic E-state index is 10.0. The first-order chi connectivity index (χ1) is 7.16. The van der Waals surface area contributed by atoms with Crippen LogP contribution in [0.5, 0.6) is 0 Å². The minimum absolute atomic E-state index is 0.579. The summed E-state index contributed by atoms with van der Waals surface area (Å²) in [4.78, 5) is 0. The molecule has 0 aliphatic heterocycles. The second-order valence-corrected chi connectivity index (χ2v) is 5.87. The lowest BCUT2D eigenvalue weighted by Crippen LogP contribution is -1.96. The molecule has 0 spiro atoms. The number of aliphatic hydroxyl groups is 1. The van der Waals surface area contributed by atoms with Crippen LogP contribution in [0.15, 0.2) is 39.5 Å². The van der Waals surface area contributed by atoms with Crippen LogP contribution in [-0.2, 0) is 0 Å². The third-order valence-corrected chi connectivity index (χ3v) is 3.86. The van der Waals surface area contributed by atoms with Crippen LogP contribution >= 0.6 is 38.9 Å². The predicted octanol–water partition coefficient (Wildman–Crippen LogP) is 4.25. The molecule has 1 aromatic heterocycles. The van der Waals surface area contributed by atoms with Gasteiger partial charge in [-0.1, -0.05) is 23.7 Å². The summed E-state index contributed by atoms with van der Waals surface area (Å²) in [6.45, 7) is 0. The zero-order chi connectivity index (χ0) is 10.8. The Morgan fingerprint density at radius 3 is 2.40 bits per heavy atom. The predicted molar refractivity (Wildman–Crippen MR) is 67.5 cm³/mol. The number of benzene rings is 1. The van der Waals surface area contributed by atoms with Gasteiger partial charge >= 0.3 is 0 Å². The molecule has 1 unspecified atom stereocenters. The van der Waals surface area contributed by atoms with Gasteiger partial charge in [0.15, 0.2) is 0 Å². The molecular weight excluding hydrogens is 296 g/mol. The highest BCUT2D eigenvalue weighted by Gasteiger charge is 2.11. The van der Waals surface area contributed by atoms with E-state index in [-0.39, 0.29) is 0 Å². The molecule has 1 aromatic carbocycles. The van der Waals surface area contributed by atoms with Crippen molar-refractivity contribution in [3.05, 3.63) is 55.6 Å². The molecule has 0 radical (unpaired) electrons. The maximum absolute atomic E-state index is 10.0. The van der Waals surface area contributed by atoms with Gasteiger partial charge in [-0.05, 0) is 50.6 Å². The molecule has 2 rings (SSSR count). The average Bonchev–Trinajstić information content (AvgIpc) is 2.65. The highest BCUT2D eigenvalue weighted by Crippen LogP contribution is 2.29. The van der Waals surface area contributed by atoms with Crippen molar-refractivity contribution in [3.63, 3.8) is 0 Å². The van der Waals surface area contributed by atoms with E-state index >= 15 is 0 Å². The monoisotopic (exact) mass is 302 g/mol. The molecule has 0 fully saturated rings. The largest absolute Gasteiger partial charge is 0.384 e. The first-order valence-electron chi connectivity index (χ1n) is 4.34. The molecule has 0 aliphatic carbocycles. The van der Waals surface area contributed by atoms with Crippen LogP contribution in [0.25, 0.3) is 0 Å². The molecule has 0 amide bonds. The molecule has 78 valence electrons. The van der Waals surface area contributed by atoms with E-state index in [2.05, 4.69) is 15.9 Å². The Kier molecular flexibility index (Phi) is 3.46. The summed E-state index contributed by atoms with van der Waals surface area (Å²) >= 11 is 10.7. The fraction of sp³-hybridized carbons (Fsp3) is 0.0909. The van der Waals surface area contributed by atoms with Crippen molar-refractivity contribution in [2.24, 2.45) is 0 Å². The smallest absolute Gasteiger partial charge is 0.105 e. The van der Waals surface area contributed by atoms with Crippen molar-refractivity contribution in [3.8, 4) is 0 Å². The van der Waals surface area contributed by atoms with Crippen molar-refractivity contribution in [1.82, 2.24) is 0 Å². The van der Waals surface area contributed by atoms with Crippen molar-refractivity contribution in [2.45, 2.75) is 6.10 Å². The zero-order valence-electron chi connectivity index (χ0n) is 7.65. The molecule has 1 heterocycles. The Bertz CT molecular complexity index is 452. The van der Waals surface area contributed by atoms with Gasteiger partial charge in [0.25, 0.3) is 0 Å². The van der Waals surface area contributed by atoms with Gasteiger partial charge in [-0.15, -0.1) is 11.3 Å². The van der Waals surface area contributed by atoms with E-state index in [0.717, 1.165) is 14.9 Å². The minimum atomic E-state index is -0.579. The van der Waals surface area contributed by atoms with Gasteiger partial charge in [-0.3, -0.25) is 0 Å².